The lowest BCUT2D eigenvalue weighted by Crippen LogP contribution is -2.38. The maximum absolute atomic E-state index is 13.1. The lowest BCUT2D eigenvalue weighted by Gasteiger charge is -2.37. The molecule has 8 heteroatoms. The molecule has 0 saturated carbocycles. The predicted octanol–water partition coefficient (Wildman–Crippen LogP) is 4.44. The quantitative estimate of drug-likeness (QED) is 0.415. The molecule has 2 aliphatic heterocycles. The molecule has 35 heavy (non-hydrogen) atoms. The molecule has 1 unspecified atom stereocenters. The minimum Gasteiger partial charge on any atom is -0.458 e. The van der Waals surface area contributed by atoms with Gasteiger partial charge in [-0.3, -0.25) is 9.78 Å². The number of nitrogens with zero attached hydrogens (tertiary/aromatic N) is 3. The summed E-state index contributed by atoms with van der Waals surface area (Å²) >= 11 is 1.46. The lowest BCUT2D eigenvalue weighted by molar-refractivity contribution is -0.138. The number of carbonyl (C=O) groups excluding carboxylic acids is 2. The summed E-state index contributed by atoms with van der Waals surface area (Å²) in [6, 6.07) is 13.2. The zero-order valence-corrected chi connectivity index (χ0v) is 20.7. The molecule has 1 N–H and O–H groups in total. The second kappa shape index (κ2) is 11.2. The summed E-state index contributed by atoms with van der Waals surface area (Å²) in [5.74, 6) is -0.533. The van der Waals surface area contributed by atoms with Gasteiger partial charge >= 0.3 is 5.97 Å². The van der Waals surface area contributed by atoms with Crippen LogP contribution in [-0.4, -0.2) is 40.1 Å². The summed E-state index contributed by atoms with van der Waals surface area (Å²) in [6.07, 6.45) is 4.11. The highest BCUT2D eigenvalue weighted by molar-refractivity contribution is 8.16. The van der Waals surface area contributed by atoms with E-state index in [9.17, 15) is 9.59 Å². The number of aryl methyl sites for hydroxylation is 1. The third-order valence-corrected chi connectivity index (χ3v) is 6.70. The highest BCUT2D eigenvalue weighted by Gasteiger charge is 2.41. The highest BCUT2D eigenvalue weighted by atomic mass is 32.2. The van der Waals surface area contributed by atoms with Gasteiger partial charge in [-0.25, -0.2) is 9.79 Å². The normalized spacial score (nSPS) is 16.9. The zero-order valence-electron chi connectivity index (χ0n) is 19.9. The van der Waals surface area contributed by atoms with E-state index in [2.05, 4.69) is 21.9 Å². The monoisotopic (exact) mass is 488 g/mol. The standard InChI is InChI=1S/C27H28N4O3S/c1-4-15-34-26(33)24-19(3)30-27-31(25(24)22-11-6-5-9-18(22)2)21(17-35-27)16-23(32)29-14-12-20-10-7-8-13-28-20/h4-11,13,17,25H,1,12,14-16H2,2-3H3,(H,29,32). The van der Waals surface area contributed by atoms with E-state index in [1.807, 2.05) is 66.6 Å². The smallest absolute Gasteiger partial charge is 0.338 e. The number of nitrogens with one attached hydrogen (secondary N) is 1. The van der Waals surface area contributed by atoms with Crippen LogP contribution in [0.3, 0.4) is 0 Å². The van der Waals surface area contributed by atoms with Crippen LogP contribution >= 0.6 is 11.8 Å². The van der Waals surface area contributed by atoms with Crippen molar-refractivity contribution in [2.45, 2.75) is 32.7 Å². The number of amidine groups is 1. The molecular weight excluding hydrogens is 460 g/mol. The third kappa shape index (κ3) is 5.54. The molecule has 7 nitrogen and oxygen atoms in total. The number of hydrogen-bond acceptors (Lipinski definition) is 7. The van der Waals surface area contributed by atoms with Crippen LogP contribution in [0.4, 0.5) is 0 Å². The maximum Gasteiger partial charge on any atom is 0.338 e. The van der Waals surface area contributed by atoms with E-state index < -0.39 is 12.0 Å². The Kier molecular flexibility index (Phi) is 7.82. The number of ether oxygens (including phenoxy) is 1. The second-order valence-electron chi connectivity index (χ2n) is 8.23. The second-order valence-corrected chi connectivity index (χ2v) is 9.07. The van der Waals surface area contributed by atoms with Gasteiger partial charge in [-0.2, -0.15) is 0 Å². The number of fused-ring (bicyclic) bond motifs is 1. The number of thioether (sulfide) groups is 1. The van der Waals surface area contributed by atoms with Crippen molar-refractivity contribution in [2.24, 2.45) is 4.99 Å². The number of benzene rings is 1. The van der Waals surface area contributed by atoms with E-state index in [-0.39, 0.29) is 18.9 Å². The van der Waals surface area contributed by atoms with Crippen LogP contribution in [0.2, 0.25) is 0 Å². The first-order valence-electron chi connectivity index (χ1n) is 11.4. The van der Waals surface area contributed by atoms with Gasteiger partial charge in [0.2, 0.25) is 5.91 Å². The van der Waals surface area contributed by atoms with Gasteiger partial charge in [0.25, 0.3) is 0 Å². The highest BCUT2D eigenvalue weighted by Crippen LogP contribution is 2.45. The molecule has 0 saturated heterocycles. The molecule has 0 aliphatic carbocycles. The van der Waals surface area contributed by atoms with Crippen molar-refractivity contribution in [1.29, 1.82) is 0 Å². The summed E-state index contributed by atoms with van der Waals surface area (Å²) < 4.78 is 5.43. The zero-order chi connectivity index (χ0) is 24.8. The minimum absolute atomic E-state index is 0.0976. The summed E-state index contributed by atoms with van der Waals surface area (Å²) in [4.78, 5) is 36.9. The Balaban J connectivity index is 1.56. The van der Waals surface area contributed by atoms with Crippen molar-refractivity contribution in [2.75, 3.05) is 13.2 Å². The Morgan fingerprint density at radius 1 is 1.20 bits per heavy atom. The molecule has 0 fully saturated rings. The van der Waals surface area contributed by atoms with Gasteiger partial charge in [-0.1, -0.05) is 54.7 Å². The summed E-state index contributed by atoms with van der Waals surface area (Å²) in [5.41, 5.74) is 4.80. The van der Waals surface area contributed by atoms with Crippen LogP contribution in [0.15, 0.2) is 88.7 Å². The van der Waals surface area contributed by atoms with E-state index in [0.29, 0.717) is 24.2 Å². The first-order chi connectivity index (χ1) is 17.0. The van der Waals surface area contributed by atoms with E-state index in [4.69, 9.17) is 4.74 Å². The number of allylic oxidation sites excluding steroid dienone is 1. The Hall–Kier alpha value is -3.65. The Bertz CT molecular complexity index is 1220. The first-order valence-corrected chi connectivity index (χ1v) is 12.3. The summed E-state index contributed by atoms with van der Waals surface area (Å²) in [5, 5.41) is 5.66. The average Bonchev–Trinajstić information content (AvgIpc) is 3.24. The van der Waals surface area contributed by atoms with Gasteiger partial charge in [-0.05, 0) is 42.5 Å². The molecule has 1 aromatic carbocycles. The summed E-state index contributed by atoms with van der Waals surface area (Å²) in [6.45, 7) is 8.08. The SMILES string of the molecule is C=CCOC(=O)C1=C(C)N=C2SC=C(CC(=O)NCCc3ccccn3)N2C1c1ccccc1C. The van der Waals surface area contributed by atoms with Crippen molar-refractivity contribution < 1.29 is 14.3 Å². The third-order valence-electron chi connectivity index (χ3n) is 5.81. The minimum atomic E-state index is -0.441. The molecule has 0 bridgehead atoms. The van der Waals surface area contributed by atoms with Crippen molar-refractivity contribution >= 4 is 28.8 Å². The molecule has 2 aliphatic rings. The average molecular weight is 489 g/mol. The van der Waals surface area contributed by atoms with E-state index in [0.717, 1.165) is 27.7 Å². The van der Waals surface area contributed by atoms with Crippen molar-refractivity contribution in [1.82, 2.24) is 15.2 Å². The van der Waals surface area contributed by atoms with Crippen LogP contribution in [0.5, 0.6) is 0 Å². The summed E-state index contributed by atoms with van der Waals surface area (Å²) in [7, 11) is 0. The fourth-order valence-corrected chi connectivity index (χ4v) is 5.10. The first kappa shape index (κ1) is 24.5. The van der Waals surface area contributed by atoms with Gasteiger partial charge in [0, 0.05) is 30.6 Å². The Morgan fingerprint density at radius 2 is 2.00 bits per heavy atom. The Morgan fingerprint density at radius 3 is 2.74 bits per heavy atom. The van der Waals surface area contributed by atoms with E-state index in [1.54, 1.807) is 12.3 Å². The van der Waals surface area contributed by atoms with Crippen LogP contribution in [0.25, 0.3) is 0 Å². The molecule has 0 radical (unpaired) electrons. The van der Waals surface area contributed by atoms with Gasteiger partial charge in [0.05, 0.1) is 23.7 Å². The number of esters is 1. The molecule has 180 valence electrons. The molecule has 1 amide bonds. The number of pyridine rings is 1. The topological polar surface area (TPSA) is 83.9 Å². The fourth-order valence-electron chi connectivity index (χ4n) is 4.13. The van der Waals surface area contributed by atoms with Gasteiger partial charge < -0.3 is 15.0 Å². The lowest BCUT2D eigenvalue weighted by atomic mass is 9.91. The number of hydrogen-bond donors (Lipinski definition) is 1. The molecule has 1 aromatic heterocycles. The van der Waals surface area contributed by atoms with Crippen molar-refractivity contribution in [3.63, 3.8) is 0 Å². The van der Waals surface area contributed by atoms with Crippen molar-refractivity contribution in [3.05, 3.63) is 101 Å². The van der Waals surface area contributed by atoms with Crippen LogP contribution in [0.1, 0.15) is 36.2 Å². The molecule has 3 heterocycles. The van der Waals surface area contributed by atoms with E-state index in [1.165, 1.54) is 11.8 Å². The number of aliphatic imine (C=N–C) groups is 1. The number of amides is 1. The Labute approximate surface area is 209 Å². The molecule has 0 spiro atoms. The van der Waals surface area contributed by atoms with Gasteiger partial charge in [0.15, 0.2) is 5.17 Å². The van der Waals surface area contributed by atoms with Crippen LogP contribution < -0.4 is 5.32 Å². The van der Waals surface area contributed by atoms with E-state index >= 15 is 0 Å². The number of aromatic nitrogens is 1. The van der Waals surface area contributed by atoms with Crippen molar-refractivity contribution in [3.8, 4) is 0 Å². The number of rotatable bonds is 9. The molecule has 2 aromatic rings. The van der Waals surface area contributed by atoms with Gasteiger partial charge in [0.1, 0.15) is 6.61 Å². The predicted molar refractivity (Wildman–Crippen MR) is 138 cm³/mol. The number of carbonyl (C=O) groups is 2. The molecular formula is C27H28N4O3S. The largest absolute Gasteiger partial charge is 0.458 e. The molecule has 1 atom stereocenters. The maximum atomic E-state index is 13.1. The fraction of sp³-hybridized carbons (Fsp3) is 0.259. The molecule has 4 rings (SSSR count). The van der Waals surface area contributed by atoms with Crippen LogP contribution in [0, 0.1) is 6.92 Å². The van der Waals surface area contributed by atoms with Gasteiger partial charge in [-0.15, -0.1) is 0 Å². The van der Waals surface area contributed by atoms with Crippen LogP contribution in [-0.2, 0) is 20.7 Å².